The third kappa shape index (κ3) is 2.49. The van der Waals surface area contributed by atoms with Crippen LogP contribution in [0.5, 0.6) is 5.75 Å². The molecule has 20 heavy (non-hydrogen) atoms. The Morgan fingerprint density at radius 1 is 1.35 bits per heavy atom. The second-order valence-corrected chi connectivity index (χ2v) is 5.19. The van der Waals surface area contributed by atoms with Gasteiger partial charge in [-0.25, -0.2) is 0 Å². The van der Waals surface area contributed by atoms with E-state index < -0.39 is 0 Å². The molecule has 106 valence electrons. The van der Waals surface area contributed by atoms with Crippen LogP contribution in [-0.2, 0) is 0 Å². The van der Waals surface area contributed by atoms with E-state index in [-0.39, 0.29) is 0 Å². The first kappa shape index (κ1) is 13.0. The Morgan fingerprint density at radius 2 is 2.15 bits per heavy atom. The molecule has 0 aliphatic carbocycles. The van der Waals surface area contributed by atoms with Crippen LogP contribution in [0, 0.1) is 0 Å². The number of benzene rings is 1. The number of hydrogen-bond acceptors (Lipinski definition) is 4. The molecular formula is C15H20N4O. The van der Waals surface area contributed by atoms with Crippen molar-refractivity contribution < 1.29 is 4.74 Å². The van der Waals surface area contributed by atoms with E-state index in [4.69, 9.17) is 10.5 Å². The summed E-state index contributed by atoms with van der Waals surface area (Å²) < 4.78 is 5.29. The molecule has 0 bridgehead atoms. The van der Waals surface area contributed by atoms with Crippen LogP contribution < -0.4 is 15.4 Å². The highest BCUT2D eigenvalue weighted by Crippen LogP contribution is 2.31. The van der Waals surface area contributed by atoms with Crippen molar-refractivity contribution in [2.75, 3.05) is 25.1 Å². The summed E-state index contributed by atoms with van der Waals surface area (Å²) in [4.78, 5) is 2.35. The van der Waals surface area contributed by atoms with Gasteiger partial charge in [-0.3, -0.25) is 5.10 Å². The zero-order valence-electron chi connectivity index (χ0n) is 11.7. The second-order valence-electron chi connectivity index (χ2n) is 5.19. The zero-order chi connectivity index (χ0) is 13.9. The van der Waals surface area contributed by atoms with Gasteiger partial charge < -0.3 is 15.4 Å². The Morgan fingerprint density at radius 3 is 2.90 bits per heavy atom. The molecule has 3 rings (SSSR count). The summed E-state index contributed by atoms with van der Waals surface area (Å²) in [5.74, 6) is 0.851. The van der Waals surface area contributed by atoms with Crippen molar-refractivity contribution in [3.05, 3.63) is 30.5 Å². The van der Waals surface area contributed by atoms with Gasteiger partial charge >= 0.3 is 0 Å². The Labute approximate surface area is 118 Å². The van der Waals surface area contributed by atoms with E-state index in [0.29, 0.717) is 6.04 Å². The molecule has 1 aliphatic rings. The number of H-pyrrole nitrogens is 1. The van der Waals surface area contributed by atoms with Gasteiger partial charge in [-0.05, 0) is 25.0 Å². The Bertz CT molecular complexity index is 573. The minimum Gasteiger partial charge on any atom is -0.497 e. The maximum absolute atomic E-state index is 5.97. The van der Waals surface area contributed by atoms with Crippen LogP contribution >= 0.6 is 0 Å². The van der Waals surface area contributed by atoms with Crippen LogP contribution in [0.4, 0.5) is 5.69 Å². The molecule has 0 atom stereocenters. The Kier molecular flexibility index (Phi) is 3.60. The van der Waals surface area contributed by atoms with Crippen molar-refractivity contribution in [3.63, 3.8) is 0 Å². The third-order valence-electron chi connectivity index (χ3n) is 3.86. The minimum absolute atomic E-state index is 0.332. The number of nitrogens with one attached hydrogen (secondary N) is 1. The van der Waals surface area contributed by atoms with E-state index in [0.717, 1.165) is 48.6 Å². The molecule has 2 heterocycles. The summed E-state index contributed by atoms with van der Waals surface area (Å²) in [5, 5.41) is 7.31. The van der Waals surface area contributed by atoms with E-state index in [1.54, 1.807) is 7.11 Å². The highest BCUT2D eigenvalue weighted by atomic mass is 16.5. The first-order chi connectivity index (χ1) is 9.78. The number of methoxy groups -OCH3 is 1. The van der Waals surface area contributed by atoms with E-state index in [1.807, 2.05) is 24.4 Å². The number of rotatable bonds is 3. The lowest BCUT2D eigenvalue weighted by Gasteiger charge is -2.31. The molecule has 1 aliphatic heterocycles. The van der Waals surface area contributed by atoms with Gasteiger partial charge in [0, 0.05) is 24.7 Å². The van der Waals surface area contributed by atoms with Gasteiger partial charge in [0.05, 0.1) is 24.7 Å². The average molecular weight is 272 g/mol. The van der Waals surface area contributed by atoms with E-state index >= 15 is 0 Å². The van der Waals surface area contributed by atoms with E-state index in [1.165, 1.54) is 0 Å². The lowest BCUT2D eigenvalue weighted by atomic mass is 10.0. The summed E-state index contributed by atoms with van der Waals surface area (Å²) in [6.45, 7) is 1.97. The fourth-order valence-electron chi connectivity index (χ4n) is 2.65. The fourth-order valence-corrected chi connectivity index (χ4v) is 2.65. The summed E-state index contributed by atoms with van der Waals surface area (Å²) in [6, 6.07) is 8.35. The van der Waals surface area contributed by atoms with Crippen molar-refractivity contribution in [1.29, 1.82) is 0 Å². The van der Waals surface area contributed by atoms with Crippen LogP contribution in [0.1, 0.15) is 12.8 Å². The van der Waals surface area contributed by atoms with Gasteiger partial charge in [0.2, 0.25) is 0 Å². The standard InChI is InChI=1S/C15H20N4O/c1-20-13-4-2-3-11(9-13)15-14(10-17-18-15)19-7-5-12(16)6-8-19/h2-4,9-10,12H,5-8,16H2,1H3,(H,17,18). The molecule has 5 nitrogen and oxygen atoms in total. The summed E-state index contributed by atoms with van der Waals surface area (Å²) in [5.41, 5.74) is 9.25. The Hall–Kier alpha value is -2.01. The van der Waals surface area contributed by atoms with Gasteiger partial charge in [-0.2, -0.15) is 5.10 Å². The van der Waals surface area contributed by atoms with Crippen molar-refractivity contribution in [2.24, 2.45) is 5.73 Å². The van der Waals surface area contributed by atoms with Crippen molar-refractivity contribution in [2.45, 2.75) is 18.9 Å². The zero-order valence-corrected chi connectivity index (χ0v) is 11.7. The molecule has 2 aromatic rings. The van der Waals surface area contributed by atoms with Gasteiger partial charge in [0.1, 0.15) is 5.75 Å². The number of nitrogens with zero attached hydrogens (tertiary/aromatic N) is 2. The van der Waals surface area contributed by atoms with E-state index in [9.17, 15) is 0 Å². The summed E-state index contributed by atoms with van der Waals surface area (Å²) in [6.07, 6.45) is 3.96. The Balaban J connectivity index is 1.89. The van der Waals surface area contributed by atoms with Crippen molar-refractivity contribution >= 4 is 5.69 Å². The van der Waals surface area contributed by atoms with Crippen molar-refractivity contribution in [1.82, 2.24) is 10.2 Å². The third-order valence-corrected chi connectivity index (χ3v) is 3.86. The molecule has 1 saturated heterocycles. The van der Waals surface area contributed by atoms with Gasteiger partial charge in [0.15, 0.2) is 0 Å². The number of hydrogen-bond donors (Lipinski definition) is 2. The number of anilines is 1. The smallest absolute Gasteiger partial charge is 0.119 e. The molecular weight excluding hydrogens is 252 g/mol. The number of nitrogens with two attached hydrogens (primary N) is 1. The molecule has 1 aromatic heterocycles. The highest BCUT2D eigenvalue weighted by Gasteiger charge is 2.20. The molecule has 0 saturated carbocycles. The summed E-state index contributed by atoms with van der Waals surface area (Å²) in [7, 11) is 1.68. The SMILES string of the molecule is COc1cccc(-c2[nH]ncc2N2CCC(N)CC2)c1. The topological polar surface area (TPSA) is 67.2 Å². The molecule has 5 heteroatoms. The molecule has 1 fully saturated rings. The maximum atomic E-state index is 5.97. The average Bonchev–Trinajstić information content (AvgIpc) is 2.97. The molecule has 0 unspecified atom stereocenters. The van der Waals surface area contributed by atoms with Crippen molar-refractivity contribution in [3.8, 4) is 17.0 Å². The second kappa shape index (κ2) is 5.54. The van der Waals surface area contributed by atoms with Crippen LogP contribution in [0.15, 0.2) is 30.5 Å². The highest BCUT2D eigenvalue weighted by molar-refractivity contribution is 5.75. The van der Waals surface area contributed by atoms with Crippen LogP contribution in [0.2, 0.25) is 0 Å². The number of aromatic amines is 1. The van der Waals surface area contributed by atoms with E-state index in [2.05, 4.69) is 21.2 Å². The van der Waals surface area contributed by atoms with Gasteiger partial charge in [-0.1, -0.05) is 12.1 Å². The van der Waals surface area contributed by atoms with Crippen LogP contribution in [0.3, 0.4) is 0 Å². The van der Waals surface area contributed by atoms with Crippen LogP contribution in [0.25, 0.3) is 11.3 Å². The molecule has 0 radical (unpaired) electrons. The monoisotopic (exact) mass is 272 g/mol. The quantitative estimate of drug-likeness (QED) is 0.897. The number of ether oxygens (including phenoxy) is 1. The molecule has 0 spiro atoms. The number of aromatic nitrogens is 2. The predicted octanol–water partition coefficient (Wildman–Crippen LogP) is 2.01. The molecule has 0 amide bonds. The van der Waals surface area contributed by atoms with Gasteiger partial charge in [0.25, 0.3) is 0 Å². The predicted molar refractivity (Wildman–Crippen MR) is 80.0 cm³/mol. The largest absolute Gasteiger partial charge is 0.497 e. The molecule has 1 aromatic carbocycles. The van der Waals surface area contributed by atoms with Crippen LogP contribution in [-0.4, -0.2) is 36.4 Å². The first-order valence-corrected chi connectivity index (χ1v) is 6.96. The number of piperidine rings is 1. The lowest BCUT2D eigenvalue weighted by molar-refractivity contribution is 0.415. The minimum atomic E-state index is 0.332. The summed E-state index contributed by atoms with van der Waals surface area (Å²) >= 11 is 0. The maximum Gasteiger partial charge on any atom is 0.119 e. The fraction of sp³-hybridized carbons (Fsp3) is 0.400. The first-order valence-electron chi connectivity index (χ1n) is 6.96. The molecule has 3 N–H and O–H groups in total. The normalized spacial score (nSPS) is 16.4. The lowest BCUT2D eigenvalue weighted by Crippen LogP contribution is -2.39. The van der Waals surface area contributed by atoms with Gasteiger partial charge in [-0.15, -0.1) is 0 Å².